The quantitative estimate of drug-likeness (QED) is 0.177. The van der Waals surface area contributed by atoms with E-state index in [1.54, 1.807) is 42.1 Å². The highest BCUT2D eigenvalue weighted by Crippen LogP contribution is 2.47. The van der Waals surface area contributed by atoms with Crippen molar-refractivity contribution in [1.82, 2.24) is 9.88 Å². The third-order valence-electron chi connectivity index (χ3n) is 7.86. The SMILES string of the molecule is Cn1cc(Sc2ccc(C(F)(F)F)cc2)c2c(C(=O)NC3(c4ccc(C(=O)O)cc4)CC3)cc(-c3cc(F)cc(C#N)c3)cc21. The molecule has 1 heterocycles. The Labute approximate surface area is 258 Å². The Morgan fingerprint density at radius 3 is 2.24 bits per heavy atom. The molecule has 1 aliphatic rings. The van der Waals surface area contributed by atoms with Gasteiger partial charge in [0.1, 0.15) is 5.82 Å². The minimum Gasteiger partial charge on any atom is -0.478 e. The van der Waals surface area contributed by atoms with Gasteiger partial charge in [-0.25, -0.2) is 9.18 Å². The molecule has 1 aromatic heterocycles. The van der Waals surface area contributed by atoms with Gasteiger partial charge < -0.3 is 15.0 Å². The van der Waals surface area contributed by atoms with Crippen LogP contribution >= 0.6 is 11.8 Å². The summed E-state index contributed by atoms with van der Waals surface area (Å²) in [6.45, 7) is 0. The highest BCUT2D eigenvalue weighted by atomic mass is 32.2. The number of aromatic nitrogens is 1. The van der Waals surface area contributed by atoms with Crippen LogP contribution in [0.15, 0.2) is 94.9 Å². The number of carbonyl (C=O) groups excluding carboxylic acids is 1. The van der Waals surface area contributed by atoms with Gasteiger partial charge in [0.2, 0.25) is 0 Å². The van der Waals surface area contributed by atoms with Crippen LogP contribution < -0.4 is 5.32 Å². The van der Waals surface area contributed by atoms with Crippen molar-refractivity contribution in [1.29, 1.82) is 5.26 Å². The normalized spacial score (nSPS) is 13.8. The molecule has 1 fully saturated rings. The van der Waals surface area contributed by atoms with Crippen LogP contribution in [0.5, 0.6) is 0 Å². The molecular weight excluding hydrogens is 606 g/mol. The molecular formula is C34H23F4N3O3S. The Morgan fingerprint density at radius 2 is 1.64 bits per heavy atom. The Hall–Kier alpha value is -5.08. The van der Waals surface area contributed by atoms with Gasteiger partial charge in [0.15, 0.2) is 0 Å². The molecule has 0 bridgehead atoms. The summed E-state index contributed by atoms with van der Waals surface area (Å²) >= 11 is 1.21. The summed E-state index contributed by atoms with van der Waals surface area (Å²) in [6, 6.07) is 20.3. The lowest BCUT2D eigenvalue weighted by Crippen LogP contribution is -2.35. The Kier molecular flexibility index (Phi) is 7.41. The van der Waals surface area contributed by atoms with Crippen LogP contribution in [-0.4, -0.2) is 21.6 Å². The third kappa shape index (κ3) is 5.89. The second-order valence-electron chi connectivity index (χ2n) is 10.9. The molecule has 0 aliphatic heterocycles. The van der Waals surface area contributed by atoms with E-state index >= 15 is 0 Å². The predicted molar refractivity (Wildman–Crippen MR) is 160 cm³/mol. The minimum atomic E-state index is -4.47. The molecule has 45 heavy (non-hydrogen) atoms. The van der Waals surface area contributed by atoms with E-state index in [4.69, 9.17) is 0 Å². The van der Waals surface area contributed by atoms with E-state index in [2.05, 4.69) is 5.32 Å². The fourth-order valence-electron chi connectivity index (χ4n) is 5.38. The van der Waals surface area contributed by atoms with Crippen molar-refractivity contribution in [2.45, 2.75) is 34.3 Å². The zero-order chi connectivity index (χ0) is 32.1. The molecule has 0 spiro atoms. The average Bonchev–Trinajstić information content (AvgIpc) is 3.72. The van der Waals surface area contributed by atoms with Gasteiger partial charge in [0.05, 0.1) is 39.4 Å². The summed E-state index contributed by atoms with van der Waals surface area (Å²) in [5, 5.41) is 22.4. The number of nitrogens with zero attached hydrogens (tertiary/aromatic N) is 2. The summed E-state index contributed by atoms with van der Waals surface area (Å²) in [5.41, 5.74) is 1.27. The second-order valence-corrected chi connectivity index (χ2v) is 12.0. The predicted octanol–water partition coefficient (Wildman–Crippen LogP) is 8.14. The van der Waals surface area contributed by atoms with Crippen LogP contribution in [0, 0.1) is 17.1 Å². The second kappa shape index (κ2) is 11.1. The van der Waals surface area contributed by atoms with Crippen LogP contribution in [-0.2, 0) is 18.8 Å². The van der Waals surface area contributed by atoms with Crippen LogP contribution in [0.1, 0.15) is 50.2 Å². The highest BCUT2D eigenvalue weighted by Gasteiger charge is 2.46. The molecule has 226 valence electrons. The first-order chi connectivity index (χ1) is 21.4. The maximum absolute atomic E-state index is 14.5. The van der Waals surface area contributed by atoms with Crippen LogP contribution in [0.25, 0.3) is 22.0 Å². The first kappa shape index (κ1) is 30.0. The number of aryl methyl sites for hydroxylation is 1. The number of fused-ring (bicyclic) bond motifs is 1. The number of amides is 1. The summed E-state index contributed by atoms with van der Waals surface area (Å²) in [7, 11) is 1.77. The van der Waals surface area contributed by atoms with Crippen molar-refractivity contribution in [3.63, 3.8) is 0 Å². The summed E-state index contributed by atoms with van der Waals surface area (Å²) in [4.78, 5) is 26.6. The number of hydrogen-bond donors (Lipinski definition) is 2. The van der Waals surface area contributed by atoms with Gasteiger partial charge in [-0.05, 0) is 96.3 Å². The van der Waals surface area contributed by atoms with Gasteiger partial charge >= 0.3 is 12.1 Å². The van der Waals surface area contributed by atoms with Crippen molar-refractivity contribution in [3.8, 4) is 17.2 Å². The number of benzene rings is 4. The number of carboxylic acid groups (broad SMARTS) is 1. The molecule has 1 amide bonds. The average molecular weight is 630 g/mol. The van der Waals surface area contributed by atoms with E-state index in [0.717, 1.165) is 23.8 Å². The number of carbonyl (C=O) groups is 2. The van der Waals surface area contributed by atoms with E-state index in [-0.39, 0.29) is 16.7 Å². The molecule has 1 aliphatic carbocycles. The smallest absolute Gasteiger partial charge is 0.416 e. The highest BCUT2D eigenvalue weighted by molar-refractivity contribution is 7.99. The molecule has 4 aromatic carbocycles. The summed E-state index contributed by atoms with van der Waals surface area (Å²) in [5.74, 6) is -2.10. The van der Waals surface area contributed by atoms with E-state index in [9.17, 15) is 37.5 Å². The first-order valence-corrected chi connectivity index (χ1v) is 14.5. The van der Waals surface area contributed by atoms with Crippen molar-refractivity contribution in [3.05, 3.63) is 119 Å². The Morgan fingerprint density at radius 1 is 0.978 bits per heavy atom. The van der Waals surface area contributed by atoms with E-state index < -0.39 is 35.0 Å². The number of carboxylic acids is 1. The zero-order valence-electron chi connectivity index (χ0n) is 23.6. The molecule has 2 N–H and O–H groups in total. The van der Waals surface area contributed by atoms with E-state index in [1.807, 2.05) is 6.07 Å². The molecule has 6 rings (SSSR count). The van der Waals surface area contributed by atoms with Crippen molar-refractivity contribution >= 4 is 34.5 Å². The summed E-state index contributed by atoms with van der Waals surface area (Å²) in [6.07, 6.45) is -1.44. The van der Waals surface area contributed by atoms with Gasteiger partial charge in [-0.1, -0.05) is 23.9 Å². The zero-order valence-corrected chi connectivity index (χ0v) is 24.4. The summed E-state index contributed by atoms with van der Waals surface area (Å²) < 4.78 is 55.7. The van der Waals surface area contributed by atoms with Crippen LogP contribution in [0.3, 0.4) is 0 Å². The van der Waals surface area contributed by atoms with Gasteiger partial charge in [0.25, 0.3) is 5.91 Å². The third-order valence-corrected chi connectivity index (χ3v) is 8.89. The van der Waals surface area contributed by atoms with Gasteiger partial charge in [-0.15, -0.1) is 0 Å². The fourth-order valence-corrected chi connectivity index (χ4v) is 6.44. The minimum absolute atomic E-state index is 0.114. The number of rotatable bonds is 7. The van der Waals surface area contributed by atoms with E-state index in [0.29, 0.717) is 44.7 Å². The Balaban J connectivity index is 1.45. The van der Waals surface area contributed by atoms with Crippen molar-refractivity contribution < 1.29 is 32.3 Å². The molecule has 11 heteroatoms. The molecule has 0 saturated heterocycles. The van der Waals surface area contributed by atoms with E-state index in [1.165, 1.54) is 48.2 Å². The number of aromatic carboxylic acids is 1. The molecule has 0 radical (unpaired) electrons. The Bertz CT molecular complexity index is 2020. The molecule has 0 unspecified atom stereocenters. The lowest BCUT2D eigenvalue weighted by Gasteiger charge is -2.19. The first-order valence-electron chi connectivity index (χ1n) is 13.7. The van der Waals surface area contributed by atoms with Crippen molar-refractivity contribution in [2.75, 3.05) is 0 Å². The lowest BCUT2D eigenvalue weighted by molar-refractivity contribution is -0.137. The number of hydrogen-bond acceptors (Lipinski definition) is 4. The van der Waals surface area contributed by atoms with Gasteiger partial charge in [-0.2, -0.15) is 18.4 Å². The number of nitrogens with one attached hydrogen (secondary N) is 1. The standard InChI is InChI=1S/C34H23F4N3O3S/c1-41-18-29(45-26-8-6-24(7-9-26)34(36,37)38)30-27(15-22(16-28(30)41)21-12-19(17-39)13-25(35)14-21)31(42)40-33(10-11-33)23-4-2-20(3-5-23)32(43)44/h2-9,12-16,18H,10-11H2,1H3,(H,40,42)(H,43,44). The number of nitriles is 1. The molecule has 6 nitrogen and oxygen atoms in total. The molecule has 1 saturated carbocycles. The maximum atomic E-state index is 14.5. The van der Waals surface area contributed by atoms with Gasteiger partial charge in [0, 0.05) is 28.4 Å². The van der Waals surface area contributed by atoms with Crippen molar-refractivity contribution in [2.24, 2.45) is 7.05 Å². The monoisotopic (exact) mass is 629 g/mol. The fraction of sp³-hybridized carbons (Fsp3) is 0.147. The molecule has 0 atom stereocenters. The number of alkyl halides is 3. The van der Waals surface area contributed by atoms with Crippen LogP contribution in [0.2, 0.25) is 0 Å². The van der Waals surface area contributed by atoms with Crippen LogP contribution in [0.4, 0.5) is 17.6 Å². The van der Waals surface area contributed by atoms with Gasteiger partial charge in [-0.3, -0.25) is 4.79 Å². The molecule has 5 aromatic rings. The largest absolute Gasteiger partial charge is 0.478 e. The topological polar surface area (TPSA) is 95.1 Å². The maximum Gasteiger partial charge on any atom is 0.416 e. The lowest BCUT2D eigenvalue weighted by atomic mass is 9.97. The number of halogens is 4.